The summed E-state index contributed by atoms with van der Waals surface area (Å²) >= 11 is 0. The Kier molecular flexibility index (Phi) is 8.68. The van der Waals surface area contributed by atoms with Gasteiger partial charge in [0.05, 0.1) is 11.6 Å². The minimum atomic E-state index is -1.69. The van der Waals surface area contributed by atoms with Gasteiger partial charge in [-0.15, -0.1) is 0 Å². The van der Waals surface area contributed by atoms with Crippen molar-refractivity contribution in [3.05, 3.63) is 30.6 Å². The fourth-order valence-corrected chi connectivity index (χ4v) is 0.313. The van der Waals surface area contributed by atoms with Gasteiger partial charge in [-0.05, 0) is 26.0 Å². The van der Waals surface area contributed by atoms with Crippen LogP contribution in [0.3, 0.4) is 0 Å². The maximum absolute atomic E-state index is 9.66. The second-order valence-electron chi connectivity index (χ2n) is 2.87. The fourth-order valence-electron chi connectivity index (χ4n) is 0.313. The summed E-state index contributed by atoms with van der Waals surface area (Å²) in [4.78, 5) is 13.4. The zero-order valence-corrected chi connectivity index (χ0v) is 9.38. The van der Waals surface area contributed by atoms with Crippen LogP contribution in [0.1, 0.15) is 13.8 Å². The Labute approximate surface area is 98.5 Å². The molecule has 1 N–H and O–H groups in total. The second kappa shape index (κ2) is 7.70. The van der Waals surface area contributed by atoms with Crippen molar-refractivity contribution in [2.24, 2.45) is 0 Å². The van der Waals surface area contributed by atoms with Gasteiger partial charge in [-0.2, -0.15) is 0 Å². The molecule has 1 radical (unpaired) electrons. The minimum Gasteiger partial charge on any atom is -0.547 e. The first-order valence-corrected chi connectivity index (χ1v) is 3.73. The summed E-state index contributed by atoms with van der Waals surface area (Å²) in [5.74, 6) is -1.45. The smallest absolute Gasteiger partial charge is 0.0983 e. The van der Waals surface area contributed by atoms with Gasteiger partial charge in [0.2, 0.25) is 0 Å². The molecule has 0 aliphatic rings. The summed E-state index contributed by atoms with van der Waals surface area (Å²) in [5, 5.41) is 18.1. The molecule has 0 saturated heterocycles. The molecule has 1 heterocycles. The predicted octanol–water partition coefficient (Wildman–Crippen LogP) is -0.414. The molecular weight excluding hydrogens is 278 g/mol. The summed E-state index contributed by atoms with van der Waals surface area (Å²) in [7, 11) is 0. The number of pyridine rings is 1. The monoisotopic (exact) mass is 289 g/mol. The van der Waals surface area contributed by atoms with Crippen molar-refractivity contribution >= 4 is 5.97 Å². The van der Waals surface area contributed by atoms with E-state index in [1.165, 1.54) is 0 Å². The van der Waals surface area contributed by atoms with Gasteiger partial charge < -0.3 is 15.0 Å². The first kappa shape index (κ1) is 15.8. The third kappa shape index (κ3) is 9.41. The van der Waals surface area contributed by atoms with Crippen LogP contribution in [0, 0.1) is 0 Å². The third-order valence-corrected chi connectivity index (χ3v) is 1.07. The molecule has 14 heavy (non-hydrogen) atoms. The van der Waals surface area contributed by atoms with Crippen LogP contribution < -0.4 is 5.11 Å². The Bertz CT molecular complexity index is 219. The van der Waals surface area contributed by atoms with Crippen LogP contribution in [-0.2, 0) is 27.2 Å². The largest absolute Gasteiger partial charge is 0.547 e. The molecule has 0 spiro atoms. The molecule has 1 rings (SSSR count). The average Bonchev–Trinajstić information content (AvgIpc) is 2.07. The van der Waals surface area contributed by atoms with Gasteiger partial charge in [-0.1, -0.05) is 6.07 Å². The van der Waals surface area contributed by atoms with Crippen molar-refractivity contribution in [2.75, 3.05) is 0 Å². The van der Waals surface area contributed by atoms with Crippen molar-refractivity contribution in [1.82, 2.24) is 4.98 Å². The summed E-state index contributed by atoms with van der Waals surface area (Å²) in [6.45, 7) is 2.31. The normalized spacial score (nSPS) is 9.07. The van der Waals surface area contributed by atoms with Crippen molar-refractivity contribution in [3.63, 3.8) is 0 Å². The van der Waals surface area contributed by atoms with Gasteiger partial charge in [0.15, 0.2) is 0 Å². The van der Waals surface area contributed by atoms with E-state index in [4.69, 9.17) is 5.11 Å². The number of carboxylic acids is 1. The van der Waals surface area contributed by atoms with Crippen molar-refractivity contribution < 1.29 is 37.4 Å². The number of carbonyl (C=O) groups excluding carboxylic acids is 1. The Morgan fingerprint density at radius 2 is 1.64 bits per heavy atom. The van der Waals surface area contributed by atoms with Gasteiger partial charge in [-0.3, -0.25) is 4.98 Å². The predicted molar refractivity (Wildman–Crippen MR) is 45.5 cm³/mol. The molecule has 0 bridgehead atoms. The first-order valence-electron chi connectivity index (χ1n) is 3.73. The van der Waals surface area contributed by atoms with E-state index in [2.05, 4.69) is 4.98 Å². The van der Waals surface area contributed by atoms with E-state index in [0.29, 0.717) is 0 Å². The Morgan fingerprint density at radius 1 is 1.29 bits per heavy atom. The van der Waals surface area contributed by atoms with Crippen LogP contribution in [0.4, 0.5) is 0 Å². The number of hydrogen-bond donors (Lipinski definition) is 1. The van der Waals surface area contributed by atoms with Gasteiger partial charge in [0.1, 0.15) is 0 Å². The van der Waals surface area contributed by atoms with E-state index in [1.54, 1.807) is 12.4 Å². The SMILES string of the molecule is CC(C)(O)C(=O)[O-].[Ag].c1ccncc1. The van der Waals surface area contributed by atoms with Gasteiger partial charge >= 0.3 is 0 Å². The van der Waals surface area contributed by atoms with E-state index in [-0.39, 0.29) is 22.4 Å². The van der Waals surface area contributed by atoms with E-state index in [1.807, 2.05) is 18.2 Å². The maximum Gasteiger partial charge on any atom is 0.0983 e. The number of carbonyl (C=O) groups is 1. The first-order chi connectivity index (χ1) is 5.94. The van der Waals surface area contributed by atoms with Crippen molar-refractivity contribution in [2.45, 2.75) is 19.4 Å². The number of aromatic nitrogens is 1. The third-order valence-electron chi connectivity index (χ3n) is 1.07. The minimum absolute atomic E-state index is 0. The zero-order valence-electron chi connectivity index (χ0n) is 7.90. The Morgan fingerprint density at radius 3 is 1.71 bits per heavy atom. The van der Waals surface area contributed by atoms with Gasteiger partial charge in [-0.25, -0.2) is 0 Å². The summed E-state index contributed by atoms with van der Waals surface area (Å²) in [6, 6.07) is 5.72. The van der Waals surface area contributed by atoms with Crippen LogP contribution in [0.5, 0.6) is 0 Å². The topological polar surface area (TPSA) is 73.2 Å². The number of carboxylic acid groups (broad SMARTS) is 1. The molecule has 0 saturated carbocycles. The molecule has 0 unspecified atom stereocenters. The van der Waals surface area contributed by atoms with E-state index in [0.717, 1.165) is 13.8 Å². The van der Waals surface area contributed by atoms with E-state index >= 15 is 0 Å². The van der Waals surface area contributed by atoms with E-state index < -0.39 is 11.6 Å². The van der Waals surface area contributed by atoms with Crippen LogP contribution in [0.2, 0.25) is 0 Å². The fraction of sp³-hybridized carbons (Fsp3) is 0.333. The molecule has 4 nitrogen and oxygen atoms in total. The maximum atomic E-state index is 9.66. The molecule has 0 atom stereocenters. The molecule has 0 aromatic carbocycles. The van der Waals surface area contributed by atoms with Crippen molar-refractivity contribution in [1.29, 1.82) is 0 Å². The average molecular weight is 290 g/mol. The number of rotatable bonds is 1. The van der Waals surface area contributed by atoms with Crippen LogP contribution >= 0.6 is 0 Å². The summed E-state index contributed by atoms with van der Waals surface area (Å²) in [6.07, 6.45) is 3.50. The Balaban J connectivity index is 0. The molecule has 5 heteroatoms. The molecule has 0 aliphatic carbocycles. The number of nitrogens with zero attached hydrogens (tertiary/aromatic N) is 1. The summed E-state index contributed by atoms with van der Waals surface area (Å²) < 4.78 is 0. The van der Waals surface area contributed by atoms with Crippen LogP contribution in [0.25, 0.3) is 0 Å². The number of aliphatic carboxylic acids is 1. The standard InChI is InChI=1S/C5H5N.C4H8O3.Ag/c1-2-4-6-5-3-1;1-4(2,7)3(5)6;/h1-5H;7H,1-2H3,(H,5,6);/p-1. The summed E-state index contributed by atoms with van der Waals surface area (Å²) in [5.41, 5.74) is -1.69. The van der Waals surface area contributed by atoms with Gasteiger partial charge in [0, 0.05) is 34.8 Å². The molecule has 0 aliphatic heterocycles. The number of aliphatic hydroxyl groups is 1. The molecule has 0 fully saturated rings. The quantitative estimate of drug-likeness (QED) is 0.713. The zero-order chi connectivity index (χ0) is 10.3. The van der Waals surface area contributed by atoms with Crippen molar-refractivity contribution in [3.8, 4) is 0 Å². The molecular formula is C9H12AgNO3-. The number of hydrogen-bond acceptors (Lipinski definition) is 4. The Hall–Kier alpha value is -0.680. The van der Waals surface area contributed by atoms with Crippen LogP contribution in [-0.4, -0.2) is 21.7 Å². The second-order valence-corrected chi connectivity index (χ2v) is 2.87. The van der Waals surface area contributed by atoms with E-state index in [9.17, 15) is 9.90 Å². The van der Waals surface area contributed by atoms with Crippen LogP contribution in [0.15, 0.2) is 30.6 Å². The van der Waals surface area contributed by atoms with Gasteiger partial charge in [0.25, 0.3) is 0 Å². The molecule has 1 aromatic heterocycles. The molecule has 1 aromatic rings. The molecule has 83 valence electrons. The molecule has 0 amide bonds.